The number of aryl methyl sites for hydroxylation is 1. The lowest BCUT2D eigenvalue weighted by molar-refractivity contribution is 0.122. The predicted molar refractivity (Wildman–Crippen MR) is 134 cm³/mol. The molecule has 0 unspecified atom stereocenters. The summed E-state index contributed by atoms with van der Waals surface area (Å²) < 4.78 is 14.0. The molecule has 0 bridgehead atoms. The van der Waals surface area contributed by atoms with E-state index in [0.29, 0.717) is 6.04 Å². The Morgan fingerprint density at radius 3 is 2.65 bits per heavy atom. The van der Waals surface area contributed by atoms with Gasteiger partial charge in [-0.15, -0.1) is 0 Å². The summed E-state index contributed by atoms with van der Waals surface area (Å²) >= 11 is 0. The topological polar surface area (TPSA) is 77.3 Å². The van der Waals surface area contributed by atoms with Gasteiger partial charge < -0.3 is 19.7 Å². The summed E-state index contributed by atoms with van der Waals surface area (Å²) in [6, 6.07) is 13.0. The van der Waals surface area contributed by atoms with E-state index in [9.17, 15) is 0 Å². The molecule has 176 valence electrons. The summed E-state index contributed by atoms with van der Waals surface area (Å²) in [5, 5.41) is 9.56. The number of para-hydroxylation sites is 1. The van der Waals surface area contributed by atoms with Crippen molar-refractivity contribution in [2.45, 2.75) is 37.8 Å². The molecule has 6 rings (SSSR count). The number of morpholine rings is 1. The van der Waals surface area contributed by atoms with Crippen LogP contribution in [0.15, 0.2) is 48.8 Å². The lowest BCUT2D eigenvalue weighted by Gasteiger charge is -2.31. The zero-order valence-electron chi connectivity index (χ0n) is 19.5. The van der Waals surface area contributed by atoms with E-state index in [1.54, 1.807) is 12.4 Å². The van der Waals surface area contributed by atoms with Gasteiger partial charge in [0.1, 0.15) is 11.3 Å². The highest BCUT2D eigenvalue weighted by Gasteiger charge is 2.25. The molecule has 2 aliphatic rings. The first kappa shape index (κ1) is 21.2. The molecule has 4 aromatic rings. The van der Waals surface area contributed by atoms with Gasteiger partial charge in [-0.25, -0.2) is 4.98 Å². The third-order valence-electron chi connectivity index (χ3n) is 6.97. The molecule has 1 saturated heterocycles. The van der Waals surface area contributed by atoms with Crippen LogP contribution >= 0.6 is 0 Å². The quantitative estimate of drug-likeness (QED) is 0.481. The molecule has 0 spiro atoms. The van der Waals surface area contributed by atoms with Gasteiger partial charge >= 0.3 is 0 Å². The highest BCUT2D eigenvalue weighted by atomic mass is 16.5. The van der Waals surface area contributed by atoms with Crippen LogP contribution in [0.5, 0.6) is 5.75 Å². The van der Waals surface area contributed by atoms with E-state index < -0.39 is 0 Å². The second kappa shape index (κ2) is 9.10. The van der Waals surface area contributed by atoms with Crippen LogP contribution in [-0.4, -0.2) is 58.2 Å². The summed E-state index contributed by atoms with van der Waals surface area (Å²) in [6.07, 6.45) is 7.72. The maximum atomic E-state index is 6.57. The van der Waals surface area contributed by atoms with Gasteiger partial charge in [0.2, 0.25) is 0 Å². The van der Waals surface area contributed by atoms with Gasteiger partial charge in [-0.3, -0.25) is 9.67 Å². The summed E-state index contributed by atoms with van der Waals surface area (Å²) in [5.74, 6) is 1.81. The van der Waals surface area contributed by atoms with Crippen LogP contribution in [0, 0.1) is 0 Å². The van der Waals surface area contributed by atoms with E-state index in [1.165, 1.54) is 5.39 Å². The average Bonchev–Trinajstić information content (AvgIpc) is 3.21. The van der Waals surface area contributed by atoms with Crippen LogP contribution < -0.4 is 15.0 Å². The van der Waals surface area contributed by atoms with E-state index >= 15 is 0 Å². The summed E-state index contributed by atoms with van der Waals surface area (Å²) in [5.41, 5.74) is 3.98. The van der Waals surface area contributed by atoms with Crippen LogP contribution in [-0.2, 0) is 11.8 Å². The van der Waals surface area contributed by atoms with Gasteiger partial charge in [-0.2, -0.15) is 5.10 Å². The largest absolute Gasteiger partial charge is 0.488 e. The van der Waals surface area contributed by atoms with Crippen molar-refractivity contribution in [1.82, 2.24) is 19.7 Å². The van der Waals surface area contributed by atoms with Crippen LogP contribution in [0.1, 0.15) is 25.7 Å². The van der Waals surface area contributed by atoms with Gasteiger partial charge in [0.05, 0.1) is 30.4 Å². The normalized spacial score (nSPS) is 21.1. The summed E-state index contributed by atoms with van der Waals surface area (Å²) in [4.78, 5) is 11.5. The average molecular weight is 459 g/mol. The number of ether oxygens (including phenoxy) is 2. The van der Waals surface area contributed by atoms with E-state index in [2.05, 4.69) is 56.6 Å². The first-order valence-electron chi connectivity index (χ1n) is 12.2. The summed E-state index contributed by atoms with van der Waals surface area (Å²) in [7, 11) is 2.00. The maximum absolute atomic E-state index is 6.57. The molecule has 2 aromatic heterocycles. The SMILES string of the molecule is Cn1nc(NC2CCC(Oc3cc(N4CCOCC4)cc4nccnc34)CC2)c2ccccc21. The highest BCUT2D eigenvalue weighted by Crippen LogP contribution is 2.33. The number of anilines is 2. The Bertz CT molecular complexity index is 1290. The van der Waals surface area contributed by atoms with Crippen LogP contribution in [0.3, 0.4) is 0 Å². The minimum Gasteiger partial charge on any atom is -0.488 e. The zero-order valence-corrected chi connectivity index (χ0v) is 19.5. The molecule has 8 heteroatoms. The lowest BCUT2D eigenvalue weighted by Crippen LogP contribution is -2.36. The molecule has 8 nitrogen and oxygen atoms in total. The Hall–Kier alpha value is -3.39. The standard InChI is InChI=1S/C26H30N6O2/c1-31-23-5-3-2-4-21(23)26(30-31)29-18-6-8-20(9-7-18)34-24-17-19(32-12-14-33-15-13-32)16-22-25(24)28-11-10-27-22/h2-5,10-11,16-18,20H,6-9,12-15H2,1H3,(H,29,30). The lowest BCUT2D eigenvalue weighted by atomic mass is 9.93. The number of benzene rings is 2. The molecular weight excluding hydrogens is 428 g/mol. The molecule has 0 radical (unpaired) electrons. The van der Waals surface area contributed by atoms with Gasteiger partial charge in [-0.05, 0) is 43.9 Å². The number of nitrogens with zero attached hydrogens (tertiary/aromatic N) is 5. The number of fused-ring (bicyclic) bond motifs is 2. The molecule has 2 aromatic carbocycles. The van der Waals surface area contributed by atoms with Crippen molar-refractivity contribution < 1.29 is 9.47 Å². The van der Waals surface area contributed by atoms with Crippen LogP contribution in [0.4, 0.5) is 11.5 Å². The van der Waals surface area contributed by atoms with Gasteiger partial charge in [0.15, 0.2) is 5.82 Å². The van der Waals surface area contributed by atoms with Crippen molar-refractivity contribution in [3.8, 4) is 5.75 Å². The Kier molecular flexibility index (Phi) is 5.66. The minimum atomic E-state index is 0.170. The Morgan fingerprint density at radius 1 is 1.00 bits per heavy atom. The van der Waals surface area contributed by atoms with Gasteiger partial charge in [0.25, 0.3) is 0 Å². The van der Waals surface area contributed by atoms with E-state index in [1.807, 2.05) is 11.7 Å². The van der Waals surface area contributed by atoms with Crippen LogP contribution in [0.25, 0.3) is 21.9 Å². The fourth-order valence-corrected chi connectivity index (χ4v) is 5.14. The van der Waals surface area contributed by atoms with Gasteiger partial charge in [0, 0.05) is 55.7 Å². The molecule has 34 heavy (non-hydrogen) atoms. The Balaban J connectivity index is 1.16. The molecule has 1 N–H and O–H groups in total. The highest BCUT2D eigenvalue weighted by molar-refractivity contribution is 5.90. The summed E-state index contributed by atoms with van der Waals surface area (Å²) in [6.45, 7) is 3.25. The second-order valence-electron chi connectivity index (χ2n) is 9.19. The third kappa shape index (κ3) is 4.14. The van der Waals surface area contributed by atoms with Crippen molar-refractivity contribution in [2.24, 2.45) is 7.05 Å². The van der Waals surface area contributed by atoms with Crippen molar-refractivity contribution in [3.05, 3.63) is 48.8 Å². The number of hydrogen-bond donors (Lipinski definition) is 1. The van der Waals surface area contributed by atoms with Crippen molar-refractivity contribution in [3.63, 3.8) is 0 Å². The first-order valence-corrected chi connectivity index (χ1v) is 12.2. The maximum Gasteiger partial charge on any atom is 0.156 e. The number of aromatic nitrogens is 4. The fourth-order valence-electron chi connectivity index (χ4n) is 5.14. The zero-order chi connectivity index (χ0) is 22.9. The predicted octanol–water partition coefficient (Wildman–Crippen LogP) is 4.16. The molecule has 0 amide bonds. The van der Waals surface area contributed by atoms with Crippen LogP contribution in [0.2, 0.25) is 0 Å². The molecular formula is C26H30N6O2. The monoisotopic (exact) mass is 458 g/mol. The van der Waals surface area contributed by atoms with E-state index in [0.717, 1.165) is 85.8 Å². The van der Waals surface area contributed by atoms with E-state index in [4.69, 9.17) is 14.6 Å². The second-order valence-corrected chi connectivity index (χ2v) is 9.19. The van der Waals surface area contributed by atoms with Crippen molar-refractivity contribution in [1.29, 1.82) is 0 Å². The van der Waals surface area contributed by atoms with Crippen molar-refractivity contribution in [2.75, 3.05) is 36.5 Å². The molecule has 3 heterocycles. The van der Waals surface area contributed by atoms with Gasteiger partial charge in [-0.1, -0.05) is 12.1 Å². The minimum absolute atomic E-state index is 0.170. The first-order chi connectivity index (χ1) is 16.7. The molecule has 1 aliphatic carbocycles. The Morgan fingerprint density at radius 2 is 1.79 bits per heavy atom. The Labute approximate surface area is 198 Å². The smallest absolute Gasteiger partial charge is 0.156 e. The molecule has 2 fully saturated rings. The number of rotatable bonds is 5. The molecule has 1 aliphatic heterocycles. The molecule has 0 atom stereocenters. The molecule has 1 saturated carbocycles. The van der Waals surface area contributed by atoms with E-state index in [-0.39, 0.29) is 6.10 Å². The number of nitrogens with one attached hydrogen (secondary N) is 1. The number of hydrogen-bond acceptors (Lipinski definition) is 7. The fraction of sp³-hybridized carbons (Fsp3) is 0.423. The third-order valence-corrected chi connectivity index (χ3v) is 6.97. The van der Waals surface area contributed by atoms with Crippen molar-refractivity contribution >= 4 is 33.4 Å².